The molecule has 0 bridgehead atoms. The summed E-state index contributed by atoms with van der Waals surface area (Å²) >= 11 is 0. The van der Waals surface area contributed by atoms with E-state index in [1.165, 1.54) is 6.33 Å². The number of carbonyl (C=O) groups excluding carboxylic acids is 2. The highest BCUT2D eigenvalue weighted by Crippen LogP contribution is 2.24. The van der Waals surface area contributed by atoms with Gasteiger partial charge in [-0.05, 0) is 60.0 Å². The molecule has 1 amide bonds. The van der Waals surface area contributed by atoms with Gasteiger partial charge in [-0.3, -0.25) is 0 Å². The normalized spacial score (nSPS) is 12.9. The number of aromatic nitrogens is 2. The van der Waals surface area contributed by atoms with Crippen molar-refractivity contribution < 1.29 is 19.1 Å². The topological polar surface area (TPSA) is 106 Å². The van der Waals surface area contributed by atoms with Crippen molar-refractivity contribution in [2.45, 2.75) is 79.9 Å². The Hall–Kier alpha value is -3.10. The molecule has 0 aliphatic rings. The van der Waals surface area contributed by atoms with Crippen molar-refractivity contribution in [1.82, 2.24) is 15.3 Å². The number of carbonyl (C=O) groups is 2. The molecule has 1 aromatic rings. The van der Waals surface area contributed by atoms with Gasteiger partial charge >= 0.3 is 12.1 Å². The molecule has 1 unspecified atom stereocenters. The van der Waals surface area contributed by atoms with Gasteiger partial charge in [-0.25, -0.2) is 19.6 Å². The van der Waals surface area contributed by atoms with E-state index in [1.54, 1.807) is 20.8 Å². The molecule has 0 radical (unpaired) electrons. The number of ether oxygens (including phenoxy) is 2. The molecule has 2 N–H and O–H groups in total. The van der Waals surface area contributed by atoms with Crippen molar-refractivity contribution in [1.29, 1.82) is 0 Å². The molecule has 35 heavy (non-hydrogen) atoms. The predicted molar refractivity (Wildman–Crippen MR) is 141 cm³/mol. The van der Waals surface area contributed by atoms with Crippen LogP contribution in [0, 0.1) is 0 Å². The second-order valence-electron chi connectivity index (χ2n) is 8.92. The highest BCUT2D eigenvalue weighted by molar-refractivity contribution is 5.82. The Bertz CT molecular complexity index is 873. The Kier molecular flexibility index (Phi) is 12.8. The summed E-state index contributed by atoms with van der Waals surface area (Å²) < 4.78 is 10.9. The van der Waals surface area contributed by atoms with Crippen LogP contribution in [0.15, 0.2) is 30.1 Å². The number of esters is 1. The van der Waals surface area contributed by atoms with Gasteiger partial charge in [0.05, 0.1) is 0 Å². The summed E-state index contributed by atoms with van der Waals surface area (Å²) in [6.07, 6.45) is 8.09. The molecule has 9 heteroatoms. The van der Waals surface area contributed by atoms with Crippen LogP contribution in [0.3, 0.4) is 0 Å². The molecule has 1 aromatic heterocycles. The average molecular weight is 490 g/mol. The number of amides is 1. The zero-order valence-corrected chi connectivity index (χ0v) is 22.6. The maximum atomic E-state index is 12.9. The summed E-state index contributed by atoms with van der Waals surface area (Å²) in [5.41, 5.74) is 1.13. The average Bonchev–Trinajstić information content (AvgIpc) is 2.80. The van der Waals surface area contributed by atoms with Crippen LogP contribution in [-0.4, -0.2) is 59.9 Å². The largest absolute Gasteiger partial charge is 0.458 e. The summed E-state index contributed by atoms with van der Waals surface area (Å²) in [7, 11) is 0. The summed E-state index contributed by atoms with van der Waals surface area (Å²) in [4.78, 5) is 36.4. The van der Waals surface area contributed by atoms with Gasteiger partial charge < -0.3 is 25.0 Å². The number of nitrogens with one attached hydrogen (secondary N) is 2. The van der Waals surface area contributed by atoms with Gasteiger partial charge in [-0.15, -0.1) is 0 Å². The maximum absolute atomic E-state index is 12.9. The molecule has 1 heterocycles. The highest BCUT2D eigenvalue weighted by Gasteiger charge is 2.28. The van der Waals surface area contributed by atoms with E-state index in [2.05, 4.69) is 39.3 Å². The maximum Gasteiger partial charge on any atom is 0.408 e. The quantitative estimate of drug-likeness (QED) is 0.305. The zero-order chi connectivity index (χ0) is 26.4. The first-order valence-corrected chi connectivity index (χ1v) is 12.4. The minimum absolute atomic E-state index is 0.0816. The lowest BCUT2D eigenvalue weighted by atomic mass is 10.1. The van der Waals surface area contributed by atoms with Crippen LogP contribution in [0.4, 0.5) is 16.4 Å². The van der Waals surface area contributed by atoms with E-state index in [9.17, 15) is 9.59 Å². The first-order valence-electron chi connectivity index (χ1n) is 12.4. The van der Waals surface area contributed by atoms with E-state index >= 15 is 0 Å². The summed E-state index contributed by atoms with van der Waals surface area (Å²) in [5.74, 6) is 0.917. The fourth-order valence-corrected chi connectivity index (χ4v) is 3.43. The van der Waals surface area contributed by atoms with Crippen molar-refractivity contribution in [3.05, 3.63) is 35.7 Å². The Balaban J connectivity index is 3.05. The van der Waals surface area contributed by atoms with Crippen LogP contribution < -0.4 is 15.5 Å². The number of allylic oxidation sites excluding steroid dienone is 2. The molecule has 1 atom stereocenters. The third kappa shape index (κ3) is 10.4. The van der Waals surface area contributed by atoms with Gasteiger partial charge in [0.1, 0.15) is 36.2 Å². The third-order valence-corrected chi connectivity index (χ3v) is 5.01. The molecular weight excluding hydrogens is 446 g/mol. The minimum atomic E-state index is -0.973. The van der Waals surface area contributed by atoms with E-state index in [4.69, 9.17) is 9.47 Å². The van der Waals surface area contributed by atoms with Gasteiger partial charge in [0, 0.05) is 25.2 Å². The van der Waals surface area contributed by atoms with E-state index in [0.717, 1.165) is 36.5 Å². The van der Waals surface area contributed by atoms with Gasteiger partial charge in [0.2, 0.25) is 0 Å². The van der Waals surface area contributed by atoms with Crippen LogP contribution >= 0.6 is 0 Å². The fourth-order valence-electron chi connectivity index (χ4n) is 3.43. The number of nitrogens with zero attached hydrogens (tertiary/aromatic N) is 3. The van der Waals surface area contributed by atoms with Crippen molar-refractivity contribution in [3.63, 3.8) is 0 Å². The molecule has 0 saturated carbocycles. The number of alkyl carbamates (subject to hydrolysis) is 1. The molecule has 0 aromatic carbocycles. The van der Waals surface area contributed by atoms with Crippen LogP contribution in [0.25, 0.3) is 0 Å². The molecule has 0 spiro atoms. The predicted octanol–water partition coefficient (Wildman–Crippen LogP) is 4.65. The van der Waals surface area contributed by atoms with Crippen LogP contribution in [-0.2, 0) is 20.7 Å². The van der Waals surface area contributed by atoms with Crippen LogP contribution in [0.2, 0.25) is 0 Å². The Labute approximate surface area is 210 Å². The smallest absolute Gasteiger partial charge is 0.408 e. The van der Waals surface area contributed by atoms with E-state index in [1.807, 2.05) is 39.0 Å². The highest BCUT2D eigenvalue weighted by atomic mass is 16.6. The van der Waals surface area contributed by atoms with Crippen LogP contribution in [0.5, 0.6) is 0 Å². The monoisotopic (exact) mass is 489 g/mol. The summed E-state index contributed by atoms with van der Waals surface area (Å²) in [5, 5.41) is 5.86. The fraction of sp³-hybridized carbons (Fsp3) is 0.615. The molecule has 0 aliphatic heterocycles. The van der Waals surface area contributed by atoms with Gasteiger partial charge in [0.15, 0.2) is 0 Å². The van der Waals surface area contributed by atoms with Gasteiger partial charge in [0.25, 0.3) is 0 Å². The number of anilines is 2. The van der Waals surface area contributed by atoms with E-state index in [-0.39, 0.29) is 13.2 Å². The SMILES string of the molecule is C/C=C\C(=C/CC)COC(=O)NC(CNc1ncnc(N(CC)CC)c1CC)C(=O)OC(C)(C)C. The second-order valence-corrected chi connectivity index (χ2v) is 8.92. The lowest BCUT2D eigenvalue weighted by Crippen LogP contribution is -2.48. The number of hydrogen-bond acceptors (Lipinski definition) is 8. The summed E-state index contributed by atoms with van der Waals surface area (Å²) in [6.45, 7) is 17.3. The Morgan fingerprint density at radius 2 is 1.83 bits per heavy atom. The standard InChI is InChI=1S/C26H43N5O4/c1-9-14-19(15-10-2)17-34-25(33)30-21(24(32)35-26(6,7)8)16-27-22-20(11-3)23(29-18-28-22)31(12-4)13-5/h9,14-15,18,21H,10-13,16-17H2,1-8H3,(H,30,33)(H,27,28,29)/b14-9-,19-15+. The van der Waals surface area contributed by atoms with E-state index in [0.29, 0.717) is 12.2 Å². The lowest BCUT2D eigenvalue weighted by Gasteiger charge is -2.26. The zero-order valence-electron chi connectivity index (χ0n) is 22.6. The molecule has 9 nitrogen and oxygen atoms in total. The van der Waals surface area contributed by atoms with Crippen molar-refractivity contribution in [2.24, 2.45) is 0 Å². The molecule has 0 fully saturated rings. The first-order chi connectivity index (χ1) is 16.6. The van der Waals surface area contributed by atoms with E-state index < -0.39 is 23.7 Å². The minimum Gasteiger partial charge on any atom is -0.458 e. The summed E-state index contributed by atoms with van der Waals surface area (Å²) in [6, 6.07) is -0.973. The molecular formula is C26H43N5O4. The molecule has 0 saturated heterocycles. The van der Waals surface area contributed by atoms with Gasteiger partial charge in [-0.1, -0.05) is 32.1 Å². The second kappa shape index (κ2) is 15.0. The number of rotatable bonds is 13. The third-order valence-electron chi connectivity index (χ3n) is 5.01. The van der Waals surface area contributed by atoms with Gasteiger partial charge in [-0.2, -0.15) is 0 Å². The Morgan fingerprint density at radius 3 is 2.37 bits per heavy atom. The first kappa shape index (κ1) is 29.9. The lowest BCUT2D eigenvalue weighted by molar-refractivity contribution is -0.156. The van der Waals surface area contributed by atoms with Crippen LogP contribution in [0.1, 0.15) is 67.4 Å². The molecule has 1 rings (SSSR count). The van der Waals surface area contributed by atoms with Crippen molar-refractivity contribution in [2.75, 3.05) is 36.5 Å². The molecule has 0 aliphatic carbocycles. The Morgan fingerprint density at radius 1 is 1.14 bits per heavy atom. The number of hydrogen-bond donors (Lipinski definition) is 2. The van der Waals surface area contributed by atoms with Crippen molar-refractivity contribution in [3.8, 4) is 0 Å². The molecule has 196 valence electrons. The van der Waals surface area contributed by atoms with Crippen molar-refractivity contribution >= 4 is 23.7 Å².